The second-order valence-corrected chi connectivity index (χ2v) is 6.56. The summed E-state index contributed by atoms with van der Waals surface area (Å²) in [4.78, 5) is 6.06. The van der Waals surface area contributed by atoms with E-state index in [1.54, 1.807) is 18.0 Å². The third kappa shape index (κ3) is 2.90. The molecular formula is C14H18N4OS2. The van der Waals surface area contributed by atoms with Gasteiger partial charge in [-0.05, 0) is 19.7 Å². The summed E-state index contributed by atoms with van der Waals surface area (Å²) in [5.74, 6) is 0.446. The molecule has 0 saturated carbocycles. The molecular weight excluding hydrogens is 304 g/mol. The number of thiocarbonyl (C=S) groups is 1. The van der Waals surface area contributed by atoms with Crippen LogP contribution >= 0.6 is 24.0 Å². The maximum absolute atomic E-state index is 9.52. The monoisotopic (exact) mass is 322 g/mol. The Morgan fingerprint density at radius 3 is 2.90 bits per heavy atom. The summed E-state index contributed by atoms with van der Waals surface area (Å²) in [5.41, 5.74) is 1.01. The topological polar surface area (TPSA) is 61.2 Å². The van der Waals surface area contributed by atoms with Crippen molar-refractivity contribution in [2.45, 2.75) is 17.5 Å². The van der Waals surface area contributed by atoms with Gasteiger partial charge in [0.05, 0.1) is 25.1 Å². The normalized spacial score (nSPS) is 29.0. The summed E-state index contributed by atoms with van der Waals surface area (Å²) in [6.45, 7) is 0. The highest BCUT2D eigenvalue weighted by Gasteiger charge is 2.50. The van der Waals surface area contributed by atoms with Crippen LogP contribution in [0.3, 0.4) is 0 Å². The van der Waals surface area contributed by atoms with Crippen LogP contribution in [0.2, 0.25) is 0 Å². The predicted molar refractivity (Wildman–Crippen MR) is 88.0 cm³/mol. The number of thioether (sulfide) groups is 1. The van der Waals surface area contributed by atoms with Crippen molar-refractivity contribution >= 4 is 28.7 Å². The molecule has 1 aliphatic heterocycles. The number of ether oxygens (including phenoxy) is 1. The van der Waals surface area contributed by atoms with E-state index in [9.17, 15) is 5.26 Å². The first kappa shape index (κ1) is 16.2. The Morgan fingerprint density at radius 2 is 2.43 bits per heavy atom. The Bertz CT molecular complexity index is 545. The van der Waals surface area contributed by atoms with Gasteiger partial charge >= 0.3 is 0 Å². The molecule has 1 aromatic heterocycles. The van der Waals surface area contributed by atoms with Gasteiger partial charge in [0, 0.05) is 23.4 Å². The highest BCUT2D eigenvalue weighted by molar-refractivity contribution is 8.21. The smallest absolute Gasteiger partial charge is 0.212 e. The minimum Gasteiger partial charge on any atom is -0.481 e. The molecule has 0 spiro atoms. The maximum Gasteiger partial charge on any atom is 0.212 e. The summed E-state index contributed by atoms with van der Waals surface area (Å²) in [6, 6.07) is 6.18. The Balaban J connectivity index is 2.36. The number of pyridine rings is 1. The zero-order chi connectivity index (χ0) is 15.5. The molecule has 1 aromatic rings. The molecule has 112 valence electrons. The van der Waals surface area contributed by atoms with Crippen molar-refractivity contribution in [1.82, 2.24) is 15.2 Å². The van der Waals surface area contributed by atoms with Gasteiger partial charge in [0.15, 0.2) is 0 Å². The maximum atomic E-state index is 9.52. The van der Waals surface area contributed by atoms with E-state index in [2.05, 4.69) is 21.3 Å². The summed E-state index contributed by atoms with van der Waals surface area (Å²) in [6.07, 6.45) is 2.48. The third-order valence-electron chi connectivity index (χ3n) is 3.97. The van der Waals surface area contributed by atoms with Crippen LogP contribution in [-0.2, 0) is 0 Å². The highest BCUT2D eigenvalue weighted by atomic mass is 32.2. The average Bonchev–Trinajstić information content (AvgIpc) is 2.81. The number of rotatable bonds is 5. The Morgan fingerprint density at radius 1 is 1.67 bits per heavy atom. The largest absolute Gasteiger partial charge is 0.481 e. The van der Waals surface area contributed by atoms with Gasteiger partial charge < -0.3 is 4.74 Å². The van der Waals surface area contributed by atoms with E-state index in [1.165, 1.54) is 11.8 Å². The minimum atomic E-state index is -0.354. The van der Waals surface area contributed by atoms with Gasteiger partial charge in [0.1, 0.15) is 4.99 Å². The van der Waals surface area contributed by atoms with Crippen LogP contribution in [0.5, 0.6) is 5.88 Å². The van der Waals surface area contributed by atoms with Crippen molar-refractivity contribution in [2.75, 3.05) is 21.2 Å². The molecule has 0 aromatic carbocycles. The number of methoxy groups -OCH3 is 1. The lowest BCUT2D eigenvalue weighted by molar-refractivity contribution is 0.188. The number of likely N-dealkylation sites (tertiary alicyclic amines) is 1. The van der Waals surface area contributed by atoms with Crippen LogP contribution in [0.25, 0.3) is 0 Å². The minimum absolute atomic E-state index is 0.0247. The quantitative estimate of drug-likeness (QED) is 0.658. The molecule has 1 fully saturated rings. The first-order valence-corrected chi connectivity index (χ1v) is 7.90. The summed E-state index contributed by atoms with van der Waals surface area (Å²) in [7, 11) is 5.49. The van der Waals surface area contributed by atoms with Gasteiger partial charge in [-0.1, -0.05) is 30.0 Å². The standard InChI is InChI=1S/C14H18N4OS2/c1-16-14(21-9-20)6-11(7-15)13(18(14)2)10-4-5-12(19-3)17-8-10/h4-5,8-9,11,13,16H,6H2,1-3H3. The summed E-state index contributed by atoms with van der Waals surface area (Å²) < 4.78 is 6.74. The second kappa shape index (κ2) is 6.71. The molecule has 5 nitrogen and oxygen atoms in total. The third-order valence-corrected chi connectivity index (χ3v) is 5.41. The van der Waals surface area contributed by atoms with E-state index in [-0.39, 0.29) is 17.0 Å². The Labute approximate surface area is 134 Å². The van der Waals surface area contributed by atoms with E-state index in [0.717, 1.165) is 5.56 Å². The molecule has 1 N–H and O–H groups in total. The molecule has 1 aliphatic rings. The number of hydrogen-bond donors (Lipinski definition) is 1. The average molecular weight is 322 g/mol. The van der Waals surface area contributed by atoms with Crippen LogP contribution < -0.4 is 10.1 Å². The molecule has 2 rings (SSSR count). The number of hydrogen-bond acceptors (Lipinski definition) is 7. The van der Waals surface area contributed by atoms with E-state index in [4.69, 9.17) is 17.0 Å². The molecule has 0 amide bonds. The van der Waals surface area contributed by atoms with Crippen molar-refractivity contribution in [1.29, 1.82) is 5.26 Å². The molecule has 3 atom stereocenters. The van der Waals surface area contributed by atoms with Gasteiger partial charge in [-0.15, -0.1) is 0 Å². The molecule has 0 radical (unpaired) electrons. The van der Waals surface area contributed by atoms with Gasteiger partial charge in [0.2, 0.25) is 5.88 Å². The first-order chi connectivity index (χ1) is 10.1. The lowest BCUT2D eigenvalue weighted by atomic mass is 9.96. The molecule has 21 heavy (non-hydrogen) atoms. The molecule has 7 heteroatoms. The molecule has 0 bridgehead atoms. The molecule has 2 heterocycles. The van der Waals surface area contributed by atoms with Gasteiger partial charge in [-0.2, -0.15) is 5.26 Å². The summed E-state index contributed by atoms with van der Waals surface area (Å²) in [5, 5.41) is 12.8. The second-order valence-electron chi connectivity index (χ2n) is 4.88. The van der Waals surface area contributed by atoms with Gasteiger partial charge in [-0.25, -0.2) is 4.98 Å². The molecule has 3 unspecified atom stereocenters. The van der Waals surface area contributed by atoms with Gasteiger partial charge in [0.25, 0.3) is 0 Å². The van der Waals surface area contributed by atoms with Crippen molar-refractivity contribution in [3.63, 3.8) is 0 Å². The summed E-state index contributed by atoms with van der Waals surface area (Å²) >= 11 is 6.53. The molecule has 1 saturated heterocycles. The van der Waals surface area contributed by atoms with Crippen LogP contribution in [-0.4, -0.2) is 40.8 Å². The number of nitrogens with one attached hydrogen (secondary N) is 1. The first-order valence-electron chi connectivity index (χ1n) is 6.54. The van der Waals surface area contributed by atoms with E-state index in [0.29, 0.717) is 12.3 Å². The van der Waals surface area contributed by atoms with E-state index >= 15 is 0 Å². The van der Waals surface area contributed by atoms with Crippen LogP contribution in [0.15, 0.2) is 18.3 Å². The van der Waals surface area contributed by atoms with Crippen LogP contribution in [0.4, 0.5) is 0 Å². The van der Waals surface area contributed by atoms with Crippen LogP contribution in [0.1, 0.15) is 18.0 Å². The zero-order valence-corrected chi connectivity index (χ0v) is 13.9. The van der Waals surface area contributed by atoms with E-state index < -0.39 is 0 Å². The zero-order valence-electron chi connectivity index (χ0n) is 12.2. The SMILES string of the molecule is CNC1(SC=S)CC(C#N)C(c2ccc(OC)nc2)N1C. The fourth-order valence-electron chi connectivity index (χ4n) is 2.86. The van der Waals surface area contributed by atoms with Crippen molar-refractivity contribution < 1.29 is 4.74 Å². The Hall–Kier alpha value is -1.20. The number of aromatic nitrogens is 1. The van der Waals surface area contributed by atoms with Crippen molar-refractivity contribution in [3.8, 4) is 11.9 Å². The number of nitrogens with zero attached hydrogens (tertiary/aromatic N) is 3. The molecule has 0 aliphatic carbocycles. The van der Waals surface area contributed by atoms with Crippen molar-refractivity contribution in [2.24, 2.45) is 5.92 Å². The van der Waals surface area contributed by atoms with Crippen LogP contribution in [0, 0.1) is 17.2 Å². The van der Waals surface area contributed by atoms with Gasteiger partial charge in [-0.3, -0.25) is 10.2 Å². The highest BCUT2D eigenvalue weighted by Crippen LogP contribution is 2.48. The number of nitriles is 1. The lowest BCUT2D eigenvalue weighted by Crippen LogP contribution is -2.49. The fourth-order valence-corrected chi connectivity index (χ4v) is 4.17. The van der Waals surface area contributed by atoms with E-state index in [1.807, 2.05) is 26.2 Å². The predicted octanol–water partition coefficient (Wildman–Crippen LogP) is 2.17. The lowest BCUT2D eigenvalue weighted by Gasteiger charge is -2.36. The van der Waals surface area contributed by atoms with Crippen molar-refractivity contribution in [3.05, 3.63) is 23.9 Å². The fraction of sp³-hybridized carbons (Fsp3) is 0.500. The Kier molecular flexibility index (Phi) is 5.17.